The van der Waals surface area contributed by atoms with Crippen LogP contribution < -0.4 is 10.6 Å². The van der Waals surface area contributed by atoms with Crippen LogP contribution in [0.3, 0.4) is 0 Å². The van der Waals surface area contributed by atoms with E-state index in [2.05, 4.69) is 35.7 Å². The Morgan fingerprint density at radius 3 is 2.71 bits per heavy atom. The summed E-state index contributed by atoms with van der Waals surface area (Å²) < 4.78 is 10.9. The van der Waals surface area contributed by atoms with E-state index in [-0.39, 0.29) is 24.0 Å². The average Bonchev–Trinajstić information content (AvgIpc) is 3.44. The third kappa shape index (κ3) is 6.83. The maximum Gasteiger partial charge on any atom is 0.191 e. The second kappa shape index (κ2) is 12.1. The summed E-state index contributed by atoms with van der Waals surface area (Å²) in [5.74, 6) is 3.10. The Bertz CT molecular complexity index is 689. The number of hydrogen-bond acceptors (Lipinski definition) is 4. The van der Waals surface area contributed by atoms with Gasteiger partial charge in [0.25, 0.3) is 0 Å². The van der Waals surface area contributed by atoms with Crippen molar-refractivity contribution in [2.24, 2.45) is 4.99 Å². The molecule has 0 amide bonds. The van der Waals surface area contributed by atoms with Crippen LogP contribution in [0.15, 0.2) is 38.4 Å². The molecule has 0 bridgehead atoms. The van der Waals surface area contributed by atoms with Gasteiger partial charge in [0.05, 0.1) is 12.0 Å². The molecule has 28 heavy (non-hydrogen) atoms. The average molecular weight is 500 g/mol. The monoisotopic (exact) mass is 500 g/mol. The van der Waals surface area contributed by atoms with Crippen molar-refractivity contribution < 1.29 is 8.94 Å². The van der Waals surface area contributed by atoms with E-state index >= 15 is 0 Å². The highest BCUT2D eigenvalue weighted by Gasteiger charge is 2.17. The van der Waals surface area contributed by atoms with Crippen LogP contribution in [-0.4, -0.2) is 23.7 Å². The molecule has 0 spiro atoms. The van der Waals surface area contributed by atoms with Gasteiger partial charge in [-0.2, -0.15) is 0 Å². The minimum atomic E-state index is 0. The highest BCUT2D eigenvalue weighted by atomic mass is 127. The van der Waals surface area contributed by atoms with E-state index in [1.165, 1.54) is 25.7 Å². The molecule has 2 aromatic rings. The molecule has 1 aliphatic carbocycles. The van der Waals surface area contributed by atoms with Gasteiger partial charge < -0.3 is 19.6 Å². The van der Waals surface area contributed by atoms with Crippen LogP contribution in [0, 0.1) is 0 Å². The summed E-state index contributed by atoms with van der Waals surface area (Å²) in [6.07, 6.45) is 9.70. The Labute approximate surface area is 184 Å². The number of nitrogens with one attached hydrogen (secondary N) is 2. The van der Waals surface area contributed by atoms with Crippen LogP contribution in [-0.2, 0) is 13.0 Å². The van der Waals surface area contributed by atoms with Crippen molar-refractivity contribution in [3.63, 3.8) is 0 Å². The van der Waals surface area contributed by atoms with E-state index in [0.29, 0.717) is 18.5 Å². The Morgan fingerprint density at radius 1 is 1.25 bits per heavy atom. The summed E-state index contributed by atoms with van der Waals surface area (Å²) in [6, 6.07) is 6.48. The van der Waals surface area contributed by atoms with Gasteiger partial charge in [-0.05, 0) is 37.8 Å². The van der Waals surface area contributed by atoms with Crippen molar-refractivity contribution in [2.75, 3.05) is 6.54 Å². The number of rotatable bonds is 9. The minimum Gasteiger partial charge on any atom is -0.469 e. The fourth-order valence-electron chi connectivity index (χ4n) is 3.63. The van der Waals surface area contributed by atoms with E-state index in [1.54, 1.807) is 6.26 Å². The lowest BCUT2D eigenvalue weighted by molar-refractivity contribution is 0.372. The number of nitrogens with zero attached hydrogens (tertiary/aromatic N) is 2. The lowest BCUT2D eigenvalue weighted by Crippen LogP contribution is -2.43. The van der Waals surface area contributed by atoms with Gasteiger partial charge in [-0.1, -0.05) is 31.8 Å². The Kier molecular flexibility index (Phi) is 9.87. The zero-order valence-corrected chi connectivity index (χ0v) is 19.3. The van der Waals surface area contributed by atoms with Crippen molar-refractivity contribution in [1.29, 1.82) is 0 Å². The van der Waals surface area contributed by atoms with Crippen LogP contribution in [0.25, 0.3) is 0 Å². The molecule has 7 heteroatoms. The lowest BCUT2D eigenvalue weighted by Gasteiger charge is -2.17. The summed E-state index contributed by atoms with van der Waals surface area (Å²) in [7, 11) is 0. The third-order valence-corrected chi connectivity index (χ3v) is 5.31. The molecule has 1 fully saturated rings. The van der Waals surface area contributed by atoms with Crippen LogP contribution in [0.2, 0.25) is 0 Å². The molecule has 0 atom stereocenters. The molecule has 3 rings (SSSR count). The number of guanidine groups is 1. The molecule has 0 unspecified atom stereocenters. The van der Waals surface area contributed by atoms with Gasteiger partial charge in [0.1, 0.15) is 12.3 Å². The minimum absolute atomic E-state index is 0. The highest BCUT2D eigenvalue weighted by molar-refractivity contribution is 14.0. The van der Waals surface area contributed by atoms with Crippen molar-refractivity contribution in [1.82, 2.24) is 15.8 Å². The van der Waals surface area contributed by atoms with Gasteiger partial charge in [0, 0.05) is 31.0 Å². The molecular weight excluding hydrogens is 467 g/mol. The zero-order chi connectivity index (χ0) is 18.9. The first-order chi connectivity index (χ1) is 13.3. The van der Waals surface area contributed by atoms with Crippen LogP contribution in [0.1, 0.15) is 75.5 Å². The van der Waals surface area contributed by atoms with E-state index < -0.39 is 0 Å². The third-order valence-electron chi connectivity index (χ3n) is 5.31. The molecule has 2 aromatic heterocycles. The molecule has 0 saturated heterocycles. The maximum atomic E-state index is 5.51. The Hall–Kier alpha value is -1.51. The Balaban J connectivity index is 0.00000280. The summed E-state index contributed by atoms with van der Waals surface area (Å²) in [4.78, 5) is 4.73. The summed E-state index contributed by atoms with van der Waals surface area (Å²) in [5.41, 5.74) is 1.04. The topological polar surface area (TPSA) is 75.6 Å². The van der Waals surface area contributed by atoms with Crippen molar-refractivity contribution in [3.8, 4) is 0 Å². The number of furan rings is 1. The van der Waals surface area contributed by atoms with E-state index in [4.69, 9.17) is 13.9 Å². The molecule has 156 valence electrons. The first-order valence-electron chi connectivity index (χ1n) is 10.3. The lowest BCUT2D eigenvalue weighted by atomic mass is 9.99. The summed E-state index contributed by atoms with van der Waals surface area (Å²) in [5, 5.41) is 11.2. The quantitative estimate of drug-likeness (QED) is 0.288. The van der Waals surface area contributed by atoms with Crippen LogP contribution >= 0.6 is 24.0 Å². The standard InChI is InChI=1S/C21H32N4O2.HI/c1-3-16(4-2)20-14-19(27-25-20)15-23-21(24-17-8-5-6-9-17)22-12-11-18-10-7-13-26-18;/h7,10,13-14,16-17H,3-6,8-9,11-12,15H2,1-2H3,(H2,22,23,24);1H. The fraction of sp³-hybridized carbons (Fsp3) is 0.619. The smallest absolute Gasteiger partial charge is 0.191 e. The van der Waals surface area contributed by atoms with Crippen LogP contribution in [0.5, 0.6) is 0 Å². The number of aromatic nitrogens is 1. The van der Waals surface area contributed by atoms with Crippen molar-refractivity contribution >= 4 is 29.9 Å². The molecule has 2 heterocycles. The number of hydrogen-bond donors (Lipinski definition) is 2. The van der Waals surface area contributed by atoms with Crippen molar-refractivity contribution in [2.45, 2.75) is 77.3 Å². The van der Waals surface area contributed by atoms with Gasteiger partial charge in [0.15, 0.2) is 11.7 Å². The molecule has 0 aliphatic heterocycles. The van der Waals surface area contributed by atoms with E-state index in [0.717, 1.165) is 49.0 Å². The molecule has 0 radical (unpaired) electrons. The van der Waals surface area contributed by atoms with Gasteiger partial charge in [-0.15, -0.1) is 24.0 Å². The van der Waals surface area contributed by atoms with E-state index in [1.807, 2.05) is 12.1 Å². The van der Waals surface area contributed by atoms with Gasteiger partial charge >= 0.3 is 0 Å². The number of halogens is 1. The van der Waals surface area contributed by atoms with Crippen LogP contribution in [0.4, 0.5) is 0 Å². The van der Waals surface area contributed by atoms with Gasteiger partial charge in [-0.3, -0.25) is 0 Å². The second-order valence-corrected chi connectivity index (χ2v) is 7.28. The fourth-order valence-corrected chi connectivity index (χ4v) is 3.63. The molecule has 1 aliphatic rings. The summed E-state index contributed by atoms with van der Waals surface area (Å²) in [6.45, 7) is 5.65. The first-order valence-corrected chi connectivity index (χ1v) is 10.3. The predicted octanol–water partition coefficient (Wildman–Crippen LogP) is 5.01. The molecule has 0 aromatic carbocycles. The highest BCUT2D eigenvalue weighted by Crippen LogP contribution is 2.22. The maximum absolute atomic E-state index is 5.51. The first kappa shape index (κ1) is 22.8. The number of aliphatic imine (C=N–C) groups is 1. The SMILES string of the molecule is CCC(CC)c1cc(CN=C(NCCc2ccco2)NC2CCCC2)on1.I. The second-order valence-electron chi connectivity index (χ2n) is 7.28. The van der Waals surface area contributed by atoms with E-state index in [9.17, 15) is 0 Å². The van der Waals surface area contributed by atoms with Gasteiger partial charge in [-0.25, -0.2) is 4.99 Å². The molecule has 1 saturated carbocycles. The molecule has 2 N–H and O–H groups in total. The molecular formula is C21H33IN4O2. The summed E-state index contributed by atoms with van der Waals surface area (Å²) >= 11 is 0. The normalized spacial score (nSPS) is 15.0. The Morgan fingerprint density at radius 2 is 2.04 bits per heavy atom. The van der Waals surface area contributed by atoms with Gasteiger partial charge in [0.2, 0.25) is 0 Å². The largest absolute Gasteiger partial charge is 0.469 e. The van der Waals surface area contributed by atoms with Crippen molar-refractivity contribution in [3.05, 3.63) is 41.7 Å². The molecule has 6 nitrogen and oxygen atoms in total. The zero-order valence-electron chi connectivity index (χ0n) is 16.9. The predicted molar refractivity (Wildman–Crippen MR) is 122 cm³/mol.